The van der Waals surface area contributed by atoms with Crippen LogP contribution >= 0.6 is 0 Å². The first kappa shape index (κ1) is 12.0. The highest BCUT2D eigenvalue weighted by molar-refractivity contribution is 5.76. The lowest BCUT2D eigenvalue weighted by atomic mass is 10.1. The normalized spacial score (nSPS) is 10.3. The number of amides is 1. The maximum absolute atomic E-state index is 11.8. The van der Waals surface area contributed by atoms with Gasteiger partial charge in [-0.2, -0.15) is 0 Å². The zero-order valence-corrected chi connectivity index (χ0v) is 9.80. The summed E-state index contributed by atoms with van der Waals surface area (Å²) in [7, 11) is 0. The van der Waals surface area contributed by atoms with Gasteiger partial charge in [0.2, 0.25) is 5.91 Å². The van der Waals surface area contributed by atoms with Crippen molar-refractivity contribution in [1.82, 2.24) is 15.0 Å². The number of primary amides is 1. The monoisotopic (exact) mass is 244 g/mol. The fourth-order valence-corrected chi connectivity index (χ4v) is 1.62. The average Bonchev–Trinajstić information content (AvgIpc) is 2.34. The molecule has 0 saturated heterocycles. The van der Waals surface area contributed by atoms with Gasteiger partial charge in [-0.3, -0.25) is 14.6 Å². The van der Waals surface area contributed by atoms with E-state index in [1.165, 1.54) is 0 Å². The van der Waals surface area contributed by atoms with Crippen molar-refractivity contribution < 1.29 is 4.79 Å². The molecular weight excluding hydrogens is 232 g/mol. The van der Waals surface area contributed by atoms with Crippen LogP contribution in [0.3, 0.4) is 0 Å². The van der Waals surface area contributed by atoms with Gasteiger partial charge < -0.3 is 10.7 Å². The second-order valence-corrected chi connectivity index (χ2v) is 3.84. The third kappa shape index (κ3) is 2.42. The number of aromatic amines is 1. The molecule has 0 saturated carbocycles. The van der Waals surface area contributed by atoms with Crippen LogP contribution in [0.1, 0.15) is 11.3 Å². The quantitative estimate of drug-likeness (QED) is 0.803. The molecule has 0 aliphatic heterocycles. The topological polar surface area (TPSA) is 102 Å². The maximum atomic E-state index is 11.8. The van der Waals surface area contributed by atoms with E-state index in [1.54, 1.807) is 31.3 Å². The number of aromatic nitrogens is 3. The van der Waals surface area contributed by atoms with Gasteiger partial charge in [0.1, 0.15) is 5.69 Å². The van der Waals surface area contributed by atoms with Gasteiger partial charge in [0.15, 0.2) is 5.82 Å². The van der Waals surface area contributed by atoms with Crippen molar-refractivity contribution in [2.24, 2.45) is 5.73 Å². The van der Waals surface area contributed by atoms with Crippen LogP contribution in [0.4, 0.5) is 0 Å². The summed E-state index contributed by atoms with van der Waals surface area (Å²) in [5.74, 6) is -0.178. The summed E-state index contributed by atoms with van der Waals surface area (Å²) in [5, 5.41) is 0. The number of rotatable bonds is 3. The molecule has 1 amide bonds. The summed E-state index contributed by atoms with van der Waals surface area (Å²) >= 11 is 0. The number of carbonyl (C=O) groups is 1. The largest absolute Gasteiger partial charge is 0.369 e. The Bertz CT molecular complexity index is 634. The first-order chi connectivity index (χ1) is 8.58. The van der Waals surface area contributed by atoms with Crippen LogP contribution in [-0.2, 0) is 11.2 Å². The van der Waals surface area contributed by atoms with Crippen molar-refractivity contribution in [2.75, 3.05) is 0 Å². The molecule has 92 valence electrons. The van der Waals surface area contributed by atoms with Crippen LogP contribution in [0.5, 0.6) is 0 Å². The van der Waals surface area contributed by atoms with E-state index < -0.39 is 5.91 Å². The zero-order valence-electron chi connectivity index (χ0n) is 9.80. The molecule has 2 aromatic rings. The van der Waals surface area contributed by atoms with Crippen LogP contribution in [-0.4, -0.2) is 20.9 Å². The van der Waals surface area contributed by atoms with Crippen LogP contribution in [0.25, 0.3) is 11.5 Å². The number of nitrogens with zero attached hydrogens (tertiary/aromatic N) is 2. The SMILES string of the molecule is Cc1nc(-c2ccccn2)[nH]c(=O)c1CC(N)=O. The second-order valence-electron chi connectivity index (χ2n) is 3.84. The standard InChI is InChI=1S/C12H12N4O2/c1-7-8(6-10(13)17)12(18)16-11(15-7)9-4-2-3-5-14-9/h2-5H,6H2,1H3,(H2,13,17)(H,15,16,18). The molecule has 0 bridgehead atoms. The molecule has 0 atom stereocenters. The van der Waals surface area contributed by atoms with Crippen LogP contribution in [0, 0.1) is 6.92 Å². The molecule has 0 unspecified atom stereocenters. The number of nitrogens with two attached hydrogens (primary N) is 1. The number of carbonyl (C=O) groups excluding carboxylic acids is 1. The summed E-state index contributed by atoms with van der Waals surface area (Å²) in [6.45, 7) is 1.67. The summed E-state index contributed by atoms with van der Waals surface area (Å²) in [5.41, 5.74) is 6.07. The highest BCUT2D eigenvalue weighted by Crippen LogP contribution is 2.10. The number of nitrogens with one attached hydrogen (secondary N) is 1. The van der Waals surface area contributed by atoms with Crippen molar-refractivity contribution in [3.05, 3.63) is 46.0 Å². The van der Waals surface area contributed by atoms with Crippen molar-refractivity contribution in [2.45, 2.75) is 13.3 Å². The van der Waals surface area contributed by atoms with Crippen molar-refractivity contribution in [3.8, 4) is 11.5 Å². The molecule has 2 rings (SSSR count). The third-order valence-electron chi connectivity index (χ3n) is 2.48. The molecule has 2 aromatic heterocycles. The van der Waals surface area contributed by atoms with E-state index in [9.17, 15) is 9.59 Å². The fourth-order valence-electron chi connectivity index (χ4n) is 1.62. The number of aryl methyl sites for hydroxylation is 1. The van der Waals surface area contributed by atoms with E-state index >= 15 is 0 Å². The van der Waals surface area contributed by atoms with E-state index in [2.05, 4.69) is 15.0 Å². The van der Waals surface area contributed by atoms with E-state index in [4.69, 9.17) is 5.73 Å². The molecule has 0 radical (unpaired) electrons. The number of H-pyrrole nitrogens is 1. The number of pyridine rings is 1. The van der Waals surface area contributed by atoms with Crippen molar-refractivity contribution in [1.29, 1.82) is 0 Å². The number of hydrogen-bond donors (Lipinski definition) is 2. The molecule has 0 aliphatic carbocycles. The lowest BCUT2D eigenvalue weighted by molar-refractivity contribution is -0.117. The average molecular weight is 244 g/mol. The minimum Gasteiger partial charge on any atom is -0.369 e. The van der Waals surface area contributed by atoms with Gasteiger partial charge >= 0.3 is 0 Å². The van der Waals surface area contributed by atoms with Gasteiger partial charge in [-0.25, -0.2) is 4.98 Å². The molecule has 3 N–H and O–H groups in total. The molecule has 6 heteroatoms. The molecule has 6 nitrogen and oxygen atoms in total. The van der Waals surface area contributed by atoms with Crippen molar-refractivity contribution >= 4 is 5.91 Å². The van der Waals surface area contributed by atoms with Crippen LogP contribution in [0.2, 0.25) is 0 Å². The fraction of sp³-hybridized carbons (Fsp3) is 0.167. The summed E-state index contributed by atoms with van der Waals surface area (Å²) in [6, 6.07) is 5.32. The smallest absolute Gasteiger partial charge is 0.255 e. The predicted octanol–water partition coefficient (Wildman–Crippen LogP) is 0.168. The molecule has 2 heterocycles. The first-order valence-electron chi connectivity index (χ1n) is 5.37. The van der Waals surface area contributed by atoms with Gasteiger partial charge in [0.05, 0.1) is 6.42 Å². The Kier molecular flexibility index (Phi) is 3.18. The highest BCUT2D eigenvalue weighted by Gasteiger charge is 2.11. The lowest BCUT2D eigenvalue weighted by Crippen LogP contribution is -2.24. The van der Waals surface area contributed by atoms with Crippen molar-refractivity contribution in [3.63, 3.8) is 0 Å². The predicted molar refractivity (Wildman–Crippen MR) is 65.7 cm³/mol. The van der Waals surface area contributed by atoms with Crippen LogP contribution in [0.15, 0.2) is 29.2 Å². The third-order valence-corrected chi connectivity index (χ3v) is 2.48. The van der Waals surface area contributed by atoms with Gasteiger partial charge in [-0.15, -0.1) is 0 Å². The Morgan fingerprint density at radius 3 is 2.78 bits per heavy atom. The van der Waals surface area contributed by atoms with E-state index in [-0.39, 0.29) is 12.0 Å². The van der Waals surface area contributed by atoms with E-state index in [0.717, 1.165) is 0 Å². The molecular formula is C12H12N4O2. The maximum Gasteiger partial charge on any atom is 0.255 e. The Morgan fingerprint density at radius 2 is 2.22 bits per heavy atom. The second kappa shape index (κ2) is 4.79. The summed E-state index contributed by atoms with van der Waals surface area (Å²) in [4.78, 5) is 33.6. The molecule has 0 fully saturated rings. The number of hydrogen-bond acceptors (Lipinski definition) is 4. The Labute approximate surface area is 103 Å². The van der Waals surface area contributed by atoms with Gasteiger partial charge in [0.25, 0.3) is 5.56 Å². The summed E-state index contributed by atoms with van der Waals surface area (Å²) in [6.07, 6.45) is 1.50. The molecule has 0 spiro atoms. The highest BCUT2D eigenvalue weighted by atomic mass is 16.1. The van der Waals surface area contributed by atoms with Crippen LogP contribution < -0.4 is 11.3 Å². The van der Waals surface area contributed by atoms with E-state index in [0.29, 0.717) is 22.8 Å². The minimum atomic E-state index is -0.559. The zero-order chi connectivity index (χ0) is 13.1. The molecule has 18 heavy (non-hydrogen) atoms. The Hall–Kier alpha value is -2.50. The van der Waals surface area contributed by atoms with Gasteiger partial charge in [-0.1, -0.05) is 6.07 Å². The Balaban J connectivity index is 2.49. The summed E-state index contributed by atoms with van der Waals surface area (Å²) < 4.78 is 0. The van der Waals surface area contributed by atoms with Gasteiger partial charge in [-0.05, 0) is 19.1 Å². The molecule has 0 aromatic carbocycles. The minimum absolute atomic E-state index is 0.114. The first-order valence-corrected chi connectivity index (χ1v) is 5.37. The van der Waals surface area contributed by atoms with Gasteiger partial charge in [0, 0.05) is 17.5 Å². The molecule has 0 aliphatic rings. The van der Waals surface area contributed by atoms with E-state index in [1.807, 2.05) is 0 Å². The lowest BCUT2D eigenvalue weighted by Gasteiger charge is -2.05. The Morgan fingerprint density at radius 1 is 1.44 bits per heavy atom.